The molecule has 1 N–H and O–H groups in total. The zero-order valence-electron chi connectivity index (χ0n) is 11.1. The van der Waals surface area contributed by atoms with E-state index in [9.17, 15) is 4.79 Å². The van der Waals surface area contributed by atoms with Crippen molar-refractivity contribution in [3.63, 3.8) is 0 Å². The first-order valence-corrected chi connectivity index (χ1v) is 6.20. The third-order valence-corrected chi connectivity index (χ3v) is 2.71. The van der Waals surface area contributed by atoms with Crippen molar-refractivity contribution in [2.24, 2.45) is 0 Å². The highest BCUT2D eigenvalue weighted by Gasteiger charge is 2.08. The van der Waals surface area contributed by atoms with Gasteiger partial charge in [0.05, 0.1) is 11.8 Å². The van der Waals surface area contributed by atoms with E-state index in [1.54, 1.807) is 18.2 Å². The van der Waals surface area contributed by atoms with Crippen LogP contribution in [0.25, 0.3) is 0 Å². The summed E-state index contributed by atoms with van der Waals surface area (Å²) in [7, 11) is 0. The van der Waals surface area contributed by atoms with Gasteiger partial charge in [0, 0.05) is 0 Å². The predicted molar refractivity (Wildman–Crippen MR) is 76.6 cm³/mol. The van der Waals surface area contributed by atoms with E-state index < -0.39 is 0 Å². The van der Waals surface area contributed by atoms with Gasteiger partial charge in [-0.15, -0.1) is 0 Å². The fraction of sp³-hybridized carbons (Fsp3) is 0.125. The van der Waals surface area contributed by atoms with Gasteiger partial charge in [-0.25, -0.2) is 0 Å². The molecule has 0 radical (unpaired) electrons. The van der Waals surface area contributed by atoms with Crippen molar-refractivity contribution in [2.45, 2.75) is 13.3 Å². The van der Waals surface area contributed by atoms with Gasteiger partial charge in [-0.3, -0.25) is 4.79 Å². The number of nitrogens with zero attached hydrogens (tertiary/aromatic N) is 1. The summed E-state index contributed by atoms with van der Waals surface area (Å²) in [6, 6.07) is 16.6. The zero-order chi connectivity index (χ0) is 14.4. The van der Waals surface area contributed by atoms with E-state index >= 15 is 0 Å². The van der Waals surface area contributed by atoms with E-state index in [1.165, 1.54) is 0 Å². The van der Waals surface area contributed by atoms with Crippen LogP contribution in [0.2, 0.25) is 0 Å². The zero-order valence-corrected chi connectivity index (χ0v) is 11.1. The Morgan fingerprint density at radius 2 is 1.80 bits per heavy atom. The van der Waals surface area contributed by atoms with E-state index in [4.69, 9.17) is 10.00 Å². The Kier molecular flexibility index (Phi) is 4.35. The van der Waals surface area contributed by atoms with Gasteiger partial charge in [0.1, 0.15) is 12.2 Å². The Morgan fingerprint density at radius 3 is 2.50 bits per heavy atom. The van der Waals surface area contributed by atoms with Crippen molar-refractivity contribution >= 4 is 11.6 Å². The Balaban J connectivity index is 2.22. The summed E-state index contributed by atoms with van der Waals surface area (Å²) in [6.45, 7) is 1.95. The highest BCUT2D eigenvalue weighted by Crippen LogP contribution is 2.30. The molecule has 0 aliphatic carbocycles. The largest absolute Gasteiger partial charge is 0.455 e. The predicted octanol–water partition coefficient (Wildman–Crippen LogP) is 3.64. The number of nitriles is 1. The van der Waals surface area contributed by atoms with Gasteiger partial charge in [-0.1, -0.05) is 30.3 Å². The van der Waals surface area contributed by atoms with Gasteiger partial charge in [0.25, 0.3) is 0 Å². The van der Waals surface area contributed by atoms with Crippen molar-refractivity contribution in [1.82, 2.24) is 0 Å². The normalized spacial score (nSPS) is 9.60. The summed E-state index contributed by atoms with van der Waals surface area (Å²) < 4.78 is 5.82. The lowest BCUT2D eigenvalue weighted by Gasteiger charge is -2.12. The van der Waals surface area contributed by atoms with Crippen LogP contribution in [-0.4, -0.2) is 5.91 Å². The minimum absolute atomic E-state index is 0.182. The van der Waals surface area contributed by atoms with Gasteiger partial charge in [-0.05, 0) is 30.7 Å². The van der Waals surface area contributed by atoms with Gasteiger partial charge < -0.3 is 10.1 Å². The van der Waals surface area contributed by atoms with E-state index in [-0.39, 0.29) is 12.3 Å². The summed E-state index contributed by atoms with van der Waals surface area (Å²) in [5.74, 6) is 0.927. The maximum atomic E-state index is 11.5. The molecule has 4 nitrogen and oxygen atoms in total. The molecule has 20 heavy (non-hydrogen) atoms. The molecule has 4 heteroatoms. The maximum Gasteiger partial charge on any atom is 0.238 e. The van der Waals surface area contributed by atoms with Crippen LogP contribution in [0.5, 0.6) is 11.5 Å². The molecule has 0 unspecified atom stereocenters. The van der Waals surface area contributed by atoms with Crippen LogP contribution in [-0.2, 0) is 4.79 Å². The number of amides is 1. The molecular formula is C16H14N2O2. The molecule has 0 saturated heterocycles. The minimum Gasteiger partial charge on any atom is -0.455 e. The number of rotatable bonds is 4. The molecule has 0 bridgehead atoms. The van der Waals surface area contributed by atoms with E-state index in [0.717, 1.165) is 11.3 Å². The number of ether oxygens (including phenoxy) is 1. The molecule has 0 fully saturated rings. The number of hydrogen-bond acceptors (Lipinski definition) is 3. The van der Waals surface area contributed by atoms with Crippen molar-refractivity contribution in [3.8, 4) is 17.6 Å². The molecule has 0 atom stereocenters. The molecule has 0 saturated carbocycles. The number of para-hydroxylation sites is 3. The number of nitrogens with one attached hydrogen (secondary N) is 1. The molecule has 2 aromatic rings. The number of carbonyl (C=O) groups excluding carboxylic acids is 1. The Morgan fingerprint density at radius 1 is 1.15 bits per heavy atom. The van der Waals surface area contributed by atoms with Crippen LogP contribution < -0.4 is 10.1 Å². The summed E-state index contributed by atoms with van der Waals surface area (Å²) in [6.07, 6.45) is -0.182. The molecule has 0 aliphatic rings. The average molecular weight is 266 g/mol. The fourth-order valence-corrected chi connectivity index (χ4v) is 1.71. The second-order valence-corrected chi connectivity index (χ2v) is 4.25. The van der Waals surface area contributed by atoms with Crippen LogP contribution in [0.4, 0.5) is 5.69 Å². The SMILES string of the molecule is Cc1ccccc1Oc1ccccc1NC(=O)CC#N. The molecule has 0 aliphatic heterocycles. The molecule has 0 spiro atoms. The molecule has 1 amide bonds. The number of benzene rings is 2. The summed E-state index contributed by atoms with van der Waals surface area (Å²) in [5, 5.41) is 11.2. The lowest BCUT2D eigenvalue weighted by atomic mass is 10.2. The van der Waals surface area contributed by atoms with Gasteiger partial charge in [0.15, 0.2) is 5.75 Å². The van der Waals surface area contributed by atoms with Crippen LogP contribution in [0.15, 0.2) is 48.5 Å². The molecule has 0 aromatic heterocycles. The standard InChI is InChI=1S/C16H14N2O2/c1-12-6-2-4-8-14(12)20-15-9-5-3-7-13(15)18-16(19)10-11-17/h2-9H,10H2,1H3,(H,18,19). The van der Waals surface area contributed by atoms with Gasteiger partial charge in [-0.2, -0.15) is 5.26 Å². The molecule has 2 rings (SSSR count). The van der Waals surface area contributed by atoms with Crippen LogP contribution in [0.1, 0.15) is 12.0 Å². The highest BCUT2D eigenvalue weighted by atomic mass is 16.5. The van der Waals surface area contributed by atoms with Gasteiger partial charge >= 0.3 is 0 Å². The Labute approximate surface area is 117 Å². The average Bonchev–Trinajstić information content (AvgIpc) is 2.44. The topological polar surface area (TPSA) is 62.1 Å². The van der Waals surface area contributed by atoms with Crippen molar-refractivity contribution in [3.05, 3.63) is 54.1 Å². The first kappa shape index (κ1) is 13.6. The highest BCUT2D eigenvalue weighted by molar-refractivity contribution is 5.93. The maximum absolute atomic E-state index is 11.5. The van der Waals surface area contributed by atoms with Crippen LogP contribution in [0, 0.1) is 18.3 Å². The first-order chi connectivity index (χ1) is 9.70. The molecule has 2 aromatic carbocycles. The molecular weight excluding hydrogens is 252 g/mol. The minimum atomic E-state index is -0.353. The lowest BCUT2D eigenvalue weighted by Crippen LogP contribution is -2.10. The van der Waals surface area contributed by atoms with Crippen molar-refractivity contribution in [2.75, 3.05) is 5.32 Å². The fourth-order valence-electron chi connectivity index (χ4n) is 1.71. The van der Waals surface area contributed by atoms with Crippen molar-refractivity contribution < 1.29 is 9.53 Å². The number of carbonyl (C=O) groups is 1. The second kappa shape index (κ2) is 6.39. The lowest BCUT2D eigenvalue weighted by molar-refractivity contribution is -0.115. The first-order valence-electron chi connectivity index (χ1n) is 6.20. The Bertz CT molecular complexity index is 660. The smallest absolute Gasteiger partial charge is 0.238 e. The van der Waals surface area contributed by atoms with E-state index in [0.29, 0.717) is 11.4 Å². The molecule has 100 valence electrons. The molecule has 0 heterocycles. The summed E-state index contributed by atoms with van der Waals surface area (Å²) in [4.78, 5) is 11.5. The second-order valence-electron chi connectivity index (χ2n) is 4.25. The van der Waals surface area contributed by atoms with Crippen LogP contribution >= 0.6 is 0 Å². The monoisotopic (exact) mass is 266 g/mol. The Hall–Kier alpha value is -2.80. The number of anilines is 1. The summed E-state index contributed by atoms with van der Waals surface area (Å²) in [5.41, 5.74) is 1.56. The number of hydrogen-bond donors (Lipinski definition) is 1. The summed E-state index contributed by atoms with van der Waals surface area (Å²) >= 11 is 0. The van der Waals surface area contributed by atoms with Crippen molar-refractivity contribution in [1.29, 1.82) is 5.26 Å². The third-order valence-electron chi connectivity index (χ3n) is 2.71. The van der Waals surface area contributed by atoms with Crippen LogP contribution in [0.3, 0.4) is 0 Å². The quantitative estimate of drug-likeness (QED) is 0.918. The van der Waals surface area contributed by atoms with E-state index in [2.05, 4.69) is 5.32 Å². The number of aryl methyl sites for hydroxylation is 1. The third kappa shape index (κ3) is 3.36. The van der Waals surface area contributed by atoms with E-state index in [1.807, 2.05) is 43.3 Å². The van der Waals surface area contributed by atoms with Gasteiger partial charge in [0.2, 0.25) is 5.91 Å².